The molecule has 102 valence electrons. The highest BCUT2D eigenvalue weighted by Crippen LogP contribution is 2.18. The lowest BCUT2D eigenvalue weighted by Gasteiger charge is -2.11. The Bertz CT molecular complexity index is 471. The molecule has 0 bridgehead atoms. The fraction of sp³-hybridized carbons (Fsp3) is 0.400. The molecule has 1 atom stereocenters. The molecule has 0 spiro atoms. The monoisotopic (exact) mass is 260 g/mol. The Kier molecular flexibility index (Phi) is 4.71. The quantitative estimate of drug-likeness (QED) is 0.846. The highest BCUT2D eigenvalue weighted by molar-refractivity contribution is 5.79. The fourth-order valence-electron chi connectivity index (χ4n) is 2.20. The van der Waals surface area contributed by atoms with Gasteiger partial charge in [0.25, 0.3) is 0 Å². The van der Waals surface area contributed by atoms with Crippen molar-refractivity contribution in [3.63, 3.8) is 0 Å². The predicted molar refractivity (Wildman–Crippen MR) is 75.1 cm³/mol. The molecule has 4 nitrogen and oxygen atoms in total. The van der Waals surface area contributed by atoms with Gasteiger partial charge >= 0.3 is 0 Å². The summed E-state index contributed by atoms with van der Waals surface area (Å²) in [5.74, 6) is 0.176. The van der Waals surface area contributed by atoms with Crippen LogP contribution in [0.3, 0.4) is 0 Å². The summed E-state index contributed by atoms with van der Waals surface area (Å²) < 4.78 is 0. The van der Waals surface area contributed by atoms with E-state index in [1.807, 2.05) is 36.5 Å². The molecule has 0 aromatic heterocycles. The van der Waals surface area contributed by atoms with Crippen molar-refractivity contribution < 1.29 is 9.90 Å². The molecule has 0 aliphatic carbocycles. The number of carbonyl (C=O) groups is 1. The van der Waals surface area contributed by atoms with Crippen LogP contribution in [0, 0.1) is 0 Å². The zero-order chi connectivity index (χ0) is 13.7. The number of rotatable bonds is 5. The number of aliphatic hydroxyl groups is 1. The lowest BCUT2D eigenvalue weighted by atomic mass is 10.0. The van der Waals surface area contributed by atoms with Crippen molar-refractivity contribution in [2.24, 2.45) is 5.73 Å². The van der Waals surface area contributed by atoms with Crippen LogP contribution in [0.1, 0.15) is 36.5 Å². The second-order valence-corrected chi connectivity index (χ2v) is 4.77. The highest BCUT2D eigenvalue weighted by Gasteiger charge is 2.17. The van der Waals surface area contributed by atoms with E-state index >= 15 is 0 Å². The molecule has 19 heavy (non-hydrogen) atoms. The molecule has 0 radical (unpaired) electrons. The van der Waals surface area contributed by atoms with Gasteiger partial charge in [0.1, 0.15) is 0 Å². The standard InChI is InChI=1S/C15H20N2O2/c16-8-6-14(18)13-4-1-3-12(11-13)7-10-17-9-2-5-15(17)19/h1,3-4,7,10-11,14,18H,2,5-6,8-9,16H2/b10-7+. The molecule has 1 saturated heterocycles. The van der Waals surface area contributed by atoms with Gasteiger partial charge in [0.15, 0.2) is 0 Å². The van der Waals surface area contributed by atoms with Crippen molar-refractivity contribution >= 4 is 12.0 Å². The Labute approximate surface area is 113 Å². The van der Waals surface area contributed by atoms with Gasteiger partial charge in [0, 0.05) is 19.2 Å². The van der Waals surface area contributed by atoms with Crippen molar-refractivity contribution in [2.45, 2.75) is 25.4 Å². The normalized spacial score (nSPS) is 17.4. The number of hydrogen-bond acceptors (Lipinski definition) is 3. The lowest BCUT2D eigenvalue weighted by Crippen LogP contribution is -2.17. The molecule has 1 fully saturated rings. The molecule has 1 amide bonds. The number of amides is 1. The summed E-state index contributed by atoms with van der Waals surface area (Å²) in [6, 6.07) is 7.67. The van der Waals surface area contributed by atoms with Gasteiger partial charge in [-0.1, -0.05) is 18.2 Å². The molecule has 1 aliphatic heterocycles. The number of nitrogens with zero attached hydrogens (tertiary/aromatic N) is 1. The number of benzene rings is 1. The van der Waals surface area contributed by atoms with Gasteiger partial charge in [0.2, 0.25) is 5.91 Å². The van der Waals surface area contributed by atoms with Crippen LogP contribution in [-0.2, 0) is 4.79 Å². The van der Waals surface area contributed by atoms with E-state index in [9.17, 15) is 9.90 Å². The second kappa shape index (κ2) is 6.50. The van der Waals surface area contributed by atoms with E-state index in [1.54, 1.807) is 4.90 Å². The average molecular weight is 260 g/mol. The zero-order valence-corrected chi connectivity index (χ0v) is 11.0. The summed E-state index contributed by atoms with van der Waals surface area (Å²) in [5.41, 5.74) is 7.28. The number of hydrogen-bond donors (Lipinski definition) is 2. The molecule has 1 heterocycles. The maximum atomic E-state index is 11.5. The van der Waals surface area contributed by atoms with Gasteiger partial charge in [-0.3, -0.25) is 4.79 Å². The van der Waals surface area contributed by atoms with Crippen molar-refractivity contribution in [3.05, 3.63) is 41.6 Å². The number of nitrogens with two attached hydrogens (primary N) is 1. The number of aliphatic hydroxyl groups excluding tert-OH is 1. The molecule has 4 heteroatoms. The Morgan fingerprint density at radius 1 is 1.47 bits per heavy atom. The van der Waals surface area contributed by atoms with Crippen molar-refractivity contribution in [3.8, 4) is 0 Å². The van der Waals surface area contributed by atoms with E-state index < -0.39 is 6.10 Å². The van der Waals surface area contributed by atoms with Gasteiger partial charge in [0.05, 0.1) is 6.10 Å². The van der Waals surface area contributed by atoms with Crippen LogP contribution in [0.15, 0.2) is 30.5 Å². The van der Waals surface area contributed by atoms with Gasteiger partial charge in [-0.25, -0.2) is 0 Å². The topological polar surface area (TPSA) is 66.6 Å². The Balaban J connectivity index is 2.06. The van der Waals surface area contributed by atoms with Crippen LogP contribution in [-0.4, -0.2) is 29.0 Å². The van der Waals surface area contributed by atoms with E-state index in [-0.39, 0.29) is 5.91 Å². The molecular formula is C15H20N2O2. The van der Waals surface area contributed by atoms with Crippen LogP contribution in [0.4, 0.5) is 0 Å². The van der Waals surface area contributed by atoms with Gasteiger partial charge in [-0.05, 0) is 42.7 Å². The van der Waals surface area contributed by atoms with Gasteiger partial charge in [-0.15, -0.1) is 0 Å². The minimum absolute atomic E-state index is 0.176. The average Bonchev–Trinajstić information content (AvgIpc) is 2.82. The summed E-state index contributed by atoms with van der Waals surface area (Å²) in [4.78, 5) is 13.2. The van der Waals surface area contributed by atoms with E-state index in [2.05, 4.69) is 0 Å². The first-order valence-corrected chi connectivity index (χ1v) is 6.66. The van der Waals surface area contributed by atoms with Crippen LogP contribution in [0.25, 0.3) is 6.08 Å². The minimum Gasteiger partial charge on any atom is -0.388 e. The first kappa shape index (κ1) is 13.8. The maximum Gasteiger partial charge on any atom is 0.226 e. The Morgan fingerprint density at radius 3 is 3.00 bits per heavy atom. The molecule has 0 saturated carbocycles. The molecule has 3 N–H and O–H groups in total. The van der Waals surface area contributed by atoms with Crippen molar-refractivity contribution in [1.82, 2.24) is 4.90 Å². The van der Waals surface area contributed by atoms with Crippen LogP contribution >= 0.6 is 0 Å². The van der Waals surface area contributed by atoms with E-state index in [1.165, 1.54) is 0 Å². The SMILES string of the molecule is NCCC(O)c1cccc(/C=C/N2CCCC2=O)c1. The molecule has 1 aromatic rings. The summed E-state index contributed by atoms with van der Waals surface area (Å²) in [7, 11) is 0. The zero-order valence-electron chi connectivity index (χ0n) is 11.0. The summed E-state index contributed by atoms with van der Waals surface area (Å²) in [6.07, 6.45) is 5.33. The smallest absolute Gasteiger partial charge is 0.226 e. The summed E-state index contributed by atoms with van der Waals surface area (Å²) in [6.45, 7) is 1.26. The predicted octanol–water partition coefficient (Wildman–Crippen LogP) is 1.66. The second-order valence-electron chi connectivity index (χ2n) is 4.77. The highest BCUT2D eigenvalue weighted by atomic mass is 16.3. The fourth-order valence-corrected chi connectivity index (χ4v) is 2.20. The lowest BCUT2D eigenvalue weighted by molar-refractivity contribution is -0.125. The van der Waals surface area contributed by atoms with Crippen LogP contribution in [0.2, 0.25) is 0 Å². The molecule has 1 unspecified atom stereocenters. The third-order valence-electron chi connectivity index (χ3n) is 3.29. The molecule has 1 aliphatic rings. The third-order valence-corrected chi connectivity index (χ3v) is 3.29. The van der Waals surface area contributed by atoms with Crippen LogP contribution < -0.4 is 5.73 Å². The van der Waals surface area contributed by atoms with Crippen molar-refractivity contribution in [2.75, 3.05) is 13.1 Å². The molecule has 2 rings (SSSR count). The Hall–Kier alpha value is -1.65. The maximum absolute atomic E-state index is 11.5. The first-order chi connectivity index (χ1) is 9.20. The summed E-state index contributed by atoms with van der Waals surface area (Å²) >= 11 is 0. The van der Waals surface area contributed by atoms with Gasteiger partial charge in [-0.2, -0.15) is 0 Å². The Morgan fingerprint density at radius 2 is 2.32 bits per heavy atom. The van der Waals surface area contributed by atoms with Crippen LogP contribution in [0.5, 0.6) is 0 Å². The van der Waals surface area contributed by atoms with Gasteiger partial charge < -0.3 is 15.7 Å². The summed E-state index contributed by atoms with van der Waals surface area (Å²) in [5, 5.41) is 9.90. The number of likely N-dealkylation sites (tertiary alicyclic amines) is 1. The van der Waals surface area contributed by atoms with E-state index in [4.69, 9.17) is 5.73 Å². The van der Waals surface area contributed by atoms with Crippen molar-refractivity contribution in [1.29, 1.82) is 0 Å². The first-order valence-electron chi connectivity index (χ1n) is 6.66. The largest absolute Gasteiger partial charge is 0.388 e. The number of carbonyl (C=O) groups excluding carboxylic acids is 1. The molecular weight excluding hydrogens is 240 g/mol. The molecule has 1 aromatic carbocycles. The minimum atomic E-state index is -0.522. The van der Waals surface area contributed by atoms with E-state index in [0.717, 1.165) is 24.1 Å². The third kappa shape index (κ3) is 3.66. The van der Waals surface area contributed by atoms with E-state index in [0.29, 0.717) is 19.4 Å².